The molecule has 0 saturated carbocycles. The molecule has 0 aromatic rings. The monoisotopic (exact) mass is 475 g/mol. The van der Waals surface area contributed by atoms with E-state index >= 15 is 0 Å². The molecule has 0 bridgehead atoms. The Morgan fingerprint density at radius 1 is 1.25 bits per heavy atom. The molecule has 0 radical (unpaired) electrons. The van der Waals surface area contributed by atoms with Crippen molar-refractivity contribution in [3.05, 3.63) is 0 Å². The topological polar surface area (TPSA) is 165 Å². The standard InChI is InChI=1S/C20H33N3O8S/c1-10(24)14-11-8-12(15(19(29)30)23(11)18(14)28)31-9-20(2,3)16(26)17(27)22-5-4-13(25)21-6-7-32/h10-12,14-16,24,26,32H,4-9H2,1-3H3,(H,21,25)(H,22,27)(H,29,30). The van der Waals surface area contributed by atoms with Gasteiger partial charge in [-0.1, -0.05) is 13.8 Å². The third-order valence-electron chi connectivity index (χ3n) is 5.95. The van der Waals surface area contributed by atoms with Gasteiger partial charge in [-0.05, 0) is 13.3 Å². The number of ether oxygens (including phenoxy) is 1. The minimum atomic E-state index is -1.46. The van der Waals surface area contributed by atoms with Gasteiger partial charge in [0.15, 0.2) is 6.04 Å². The Morgan fingerprint density at radius 2 is 1.91 bits per heavy atom. The average molecular weight is 476 g/mol. The van der Waals surface area contributed by atoms with E-state index in [2.05, 4.69) is 23.3 Å². The SMILES string of the molecule is CC(O)C1C(=O)N2C1CC(OCC(C)(C)C(O)C(=O)NCCC(=O)NCCS)C2C(=O)O. The zero-order chi connectivity index (χ0) is 24.2. The van der Waals surface area contributed by atoms with E-state index < -0.39 is 59.5 Å². The molecule has 32 heavy (non-hydrogen) atoms. The van der Waals surface area contributed by atoms with Crippen molar-refractivity contribution in [3.63, 3.8) is 0 Å². The maximum Gasteiger partial charge on any atom is 0.329 e. The molecule has 2 saturated heterocycles. The molecule has 0 spiro atoms. The smallest absolute Gasteiger partial charge is 0.329 e. The lowest BCUT2D eigenvalue weighted by Gasteiger charge is -2.45. The molecule has 11 nitrogen and oxygen atoms in total. The van der Waals surface area contributed by atoms with E-state index in [-0.39, 0.29) is 31.9 Å². The van der Waals surface area contributed by atoms with Crippen molar-refractivity contribution in [2.24, 2.45) is 11.3 Å². The first kappa shape index (κ1) is 26.4. The number of nitrogens with one attached hydrogen (secondary N) is 2. The van der Waals surface area contributed by atoms with Gasteiger partial charge in [-0.15, -0.1) is 0 Å². The first-order valence-electron chi connectivity index (χ1n) is 10.6. The Bertz CT molecular complexity index is 732. The van der Waals surface area contributed by atoms with Gasteiger partial charge in [-0.25, -0.2) is 4.79 Å². The van der Waals surface area contributed by atoms with Crippen LogP contribution in [0.25, 0.3) is 0 Å². The number of β-lactam (4-membered cyclic amide) rings is 1. The summed E-state index contributed by atoms with van der Waals surface area (Å²) in [5, 5.41) is 35.0. The largest absolute Gasteiger partial charge is 0.480 e. The maximum absolute atomic E-state index is 12.3. The summed E-state index contributed by atoms with van der Waals surface area (Å²) in [5.41, 5.74) is -1.06. The molecule has 182 valence electrons. The minimum Gasteiger partial charge on any atom is -0.480 e. The Hall–Kier alpha value is -1.89. The summed E-state index contributed by atoms with van der Waals surface area (Å²) >= 11 is 3.98. The van der Waals surface area contributed by atoms with E-state index in [1.807, 2.05) is 0 Å². The summed E-state index contributed by atoms with van der Waals surface area (Å²) in [6, 6.07) is -1.60. The van der Waals surface area contributed by atoms with Crippen molar-refractivity contribution in [1.82, 2.24) is 15.5 Å². The van der Waals surface area contributed by atoms with E-state index in [4.69, 9.17) is 4.74 Å². The van der Waals surface area contributed by atoms with Gasteiger partial charge < -0.3 is 35.6 Å². The highest BCUT2D eigenvalue weighted by atomic mass is 32.1. The van der Waals surface area contributed by atoms with Gasteiger partial charge in [0.25, 0.3) is 0 Å². The lowest BCUT2D eigenvalue weighted by atomic mass is 9.84. The van der Waals surface area contributed by atoms with Crippen molar-refractivity contribution >= 4 is 36.3 Å². The number of carboxylic acid groups (broad SMARTS) is 1. The van der Waals surface area contributed by atoms with Gasteiger partial charge in [0, 0.05) is 36.7 Å². The number of fused-ring (bicyclic) bond motifs is 1. The van der Waals surface area contributed by atoms with Crippen LogP contribution >= 0.6 is 12.6 Å². The highest BCUT2D eigenvalue weighted by Crippen LogP contribution is 2.43. The van der Waals surface area contributed by atoms with Gasteiger partial charge in [0.1, 0.15) is 6.10 Å². The van der Waals surface area contributed by atoms with Crippen molar-refractivity contribution in [2.45, 2.75) is 64.0 Å². The van der Waals surface area contributed by atoms with Crippen LogP contribution in [0.15, 0.2) is 0 Å². The summed E-state index contributed by atoms with van der Waals surface area (Å²) < 4.78 is 5.79. The molecule has 12 heteroatoms. The lowest BCUT2D eigenvalue weighted by molar-refractivity contribution is -0.172. The number of amides is 3. The van der Waals surface area contributed by atoms with E-state index in [1.54, 1.807) is 13.8 Å². The molecule has 2 aliphatic heterocycles. The zero-order valence-electron chi connectivity index (χ0n) is 18.5. The van der Waals surface area contributed by atoms with E-state index in [1.165, 1.54) is 11.8 Å². The third kappa shape index (κ3) is 5.72. The molecule has 0 aromatic carbocycles. The molecule has 5 N–H and O–H groups in total. The van der Waals surface area contributed by atoms with Gasteiger partial charge in [-0.2, -0.15) is 12.6 Å². The molecule has 0 aromatic heterocycles. The Labute approximate surface area is 192 Å². The molecule has 0 aliphatic carbocycles. The predicted octanol–water partition coefficient (Wildman–Crippen LogP) is -1.62. The van der Waals surface area contributed by atoms with E-state index in [9.17, 15) is 34.5 Å². The lowest BCUT2D eigenvalue weighted by Crippen LogP contribution is -2.65. The predicted molar refractivity (Wildman–Crippen MR) is 116 cm³/mol. The number of thiol groups is 1. The normalized spacial score (nSPS) is 26.7. The van der Waals surface area contributed by atoms with E-state index in [0.29, 0.717) is 12.3 Å². The molecular weight excluding hydrogens is 442 g/mol. The highest BCUT2D eigenvalue weighted by Gasteiger charge is 2.61. The van der Waals surface area contributed by atoms with Crippen LogP contribution in [0.5, 0.6) is 0 Å². The second-order valence-corrected chi connectivity index (χ2v) is 9.40. The minimum absolute atomic E-state index is 0.0500. The number of hydrogen-bond acceptors (Lipinski definition) is 8. The van der Waals surface area contributed by atoms with Crippen molar-refractivity contribution in [2.75, 3.05) is 25.4 Å². The fraction of sp³-hybridized carbons (Fsp3) is 0.800. The van der Waals surface area contributed by atoms with Gasteiger partial charge in [0.05, 0.1) is 24.7 Å². The van der Waals surface area contributed by atoms with Crippen LogP contribution < -0.4 is 10.6 Å². The Balaban J connectivity index is 1.89. The van der Waals surface area contributed by atoms with Crippen molar-refractivity contribution in [3.8, 4) is 0 Å². The fourth-order valence-electron chi connectivity index (χ4n) is 4.14. The number of aliphatic hydroxyl groups is 2. The number of carbonyl (C=O) groups excluding carboxylic acids is 3. The number of hydrogen-bond donors (Lipinski definition) is 6. The van der Waals surface area contributed by atoms with Crippen molar-refractivity contribution < 1.29 is 39.2 Å². The molecule has 6 unspecified atom stereocenters. The van der Waals surface area contributed by atoms with Gasteiger partial charge >= 0.3 is 5.97 Å². The third-order valence-corrected chi connectivity index (χ3v) is 6.18. The van der Waals surface area contributed by atoms with Crippen LogP contribution in [-0.2, 0) is 23.9 Å². The second-order valence-electron chi connectivity index (χ2n) is 8.95. The highest BCUT2D eigenvalue weighted by molar-refractivity contribution is 7.80. The van der Waals surface area contributed by atoms with Crippen molar-refractivity contribution in [1.29, 1.82) is 0 Å². The number of carbonyl (C=O) groups is 4. The molecular formula is C20H33N3O8S. The van der Waals surface area contributed by atoms with Gasteiger partial charge in [-0.3, -0.25) is 14.4 Å². The maximum atomic E-state index is 12.3. The molecule has 2 fully saturated rings. The van der Waals surface area contributed by atoms with Crippen LogP contribution in [0.4, 0.5) is 0 Å². The van der Waals surface area contributed by atoms with Crippen LogP contribution in [0, 0.1) is 11.3 Å². The summed E-state index contributed by atoms with van der Waals surface area (Å²) in [4.78, 5) is 49.1. The summed E-state index contributed by atoms with van der Waals surface area (Å²) in [6.45, 7) is 5.02. The number of aliphatic hydroxyl groups excluding tert-OH is 2. The first-order valence-corrected chi connectivity index (χ1v) is 11.2. The Morgan fingerprint density at radius 3 is 2.47 bits per heavy atom. The average Bonchev–Trinajstić information content (AvgIpc) is 3.04. The number of aliphatic carboxylic acids is 1. The molecule has 3 amide bonds. The van der Waals surface area contributed by atoms with E-state index in [0.717, 1.165) is 0 Å². The first-order chi connectivity index (χ1) is 14.9. The van der Waals surface area contributed by atoms with Crippen LogP contribution in [0.3, 0.4) is 0 Å². The van der Waals surface area contributed by atoms with Crippen LogP contribution in [-0.4, -0.2) is 99.8 Å². The zero-order valence-corrected chi connectivity index (χ0v) is 19.4. The second kappa shape index (κ2) is 10.8. The fourth-order valence-corrected chi connectivity index (χ4v) is 4.25. The van der Waals surface area contributed by atoms with Gasteiger partial charge in [0.2, 0.25) is 17.7 Å². The number of rotatable bonds is 12. The Kier molecular flexibility index (Phi) is 8.91. The number of nitrogens with zero attached hydrogens (tertiary/aromatic N) is 1. The quantitative estimate of drug-likeness (QED) is 0.145. The molecule has 2 aliphatic rings. The molecule has 2 rings (SSSR count). The summed E-state index contributed by atoms with van der Waals surface area (Å²) in [5.74, 6) is -2.69. The number of carboxylic acids is 1. The molecule has 6 atom stereocenters. The van der Waals surface area contributed by atoms with Crippen LogP contribution in [0.2, 0.25) is 0 Å². The summed E-state index contributed by atoms with van der Waals surface area (Å²) in [7, 11) is 0. The molecule has 2 heterocycles. The van der Waals surface area contributed by atoms with Crippen LogP contribution in [0.1, 0.15) is 33.6 Å². The summed E-state index contributed by atoms with van der Waals surface area (Å²) in [6.07, 6.45) is -2.87.